The molecule has 0 aromatic heterocycles. The van der Waals surface area contributed by atoms with E-state index in [1.54, 1.807) is 44.2 Å². The Morgan fingerprint density at radius 3 is 2.59 bits per heavy atom. The number of hydrogen-bond donors (Lipinski definition) is 2. The van der Waals surface area contributed by atoms with Crippen molar-refractivity contribution in [3.05, 3.63) is 59.9 Å². The van der Waals surface area contributed by atoms with Crippen LogP contribution in [0.3, 0.4) is 0 Å². The lowest BCUT2D eigenvalue weighted by molar-refractivity contribution is -0.273. The lowest BCUT2D eigenvalue weighted by Crippen LogP contribution is -2.61. The zero-order chi connectivity index (χ0) is 33.6. The van der Waals surface area contributed by atoms with E-state index in [1.165, 1.54) is 0 Å². The number of benzene rings is 2. The smallest absolute Gasteiger partial charge is 0.243 e. The zero-order valence-electron chi connectivity index (χ0n) is 26.1. The van der Waals surface area contributed by atoms with Crippen LogP contribution in [-0.4, -0.2) is 85.5 Å². The Morgan fingerprint density at radius 2 is 1.93 bits per heavy atom. The van der Waals surface area contributed by atoms with E-state index < -0.39 is 64.3 Å². The van der Waals surface area contributed by atoms with Crippen LogP contribution in [0, 0.1) is 28.5 Å². The third-order valence-electron chi connectivity index (χ3n) is 8.46. The third kappa shape index (κ3) is 8.40. The van der Waals surface area contributed by atoms with E-state index in [4.69, 9.17) is 9.47 Å². The van der Waals surface area contributed by atoms with Crippen molar-refractivity contribution in [1.82, 2.24) is 9.21 Å². The number of ether oxygens (including phenoxy) is 2. The molecule has 12 nitrogen and oxygen atoms in total. The van der Waals surface area contributed by atoms with Gasteiger partial charge in [-0.1, -0.05) is 44.2 Å². The fraction of sp³-hybridized carbons (Fsp3) is 0.531. The van der Waals surface area contributed by atoms with Crippen LogP contribution in [0.2, 0.25) is 0 Å². The number of nitriles is 1. The number of hydrogen-bond acceptors (Lipinski definition) is 9. The van der Waals surface area contributed by atoms with Crippen molar-refractivity contribution in [2.45, 2.75) is 75.8 Å². The Balaban J connectivity index is 1.74. The molecule has 2 amide bonds. The Hall–Kier alpha value is -3.61. The summed E-state index contributed by atoms with van der Waals surface area (Å²) < 4.78 is 55.2. The number of sulfonamides is 1. The highest BCUT2D eigenvalue weighted by atomic mass is 32.2. The van der Waals surface area contributed by atoms with Crippen LogP contribution in [0.25, 0.3) is 0 Å². The zero-order valence-corrected chi connectivity index (χ0v) is 26.9. The van der Waals surface area contributed by atoms with Crippen molar-refractivity contribution in [2.24, 2.45) is 11.3 Å². The van der Waals surface area contributed by atoms with Crippen molar-refractivity contribution in [2.75, 3.05) is 31.6 Å². The maximum absolute atomic E-state index is 14.5. The number of carbonyl (C=O) groups is 2. The number of anilines is 1. The molecule has 2 aromatic rings. The highest BCUT2D eigenvalue weighted by molar-refractivity contribution is 7.89. The molecule has 0 saturated carbocycles. The fourth-order valence-electron chi connectivity index (χ4n) is 6.15. The summed E-state index contributed by atoms with van der Waals surface area (Å²) in [6.45, 7) is 4.42. The second-order valence-corrected chi connectivity index (χ2v) is 14.5. The van der Waals surface area contributed by atoms with Crippen LogP contribution in [-0.2, 0) is 30.7 Å². The molecule has 2 aliphatic rings. The molecule has 14 heteroatoms. The number of fused-ring (bicyclic) bond motifs is 1. The summed E-state index contributed by atoms with van der Waals surface area (Å²) in [6.07, 6.45) is -2.63. The molecule has 2 aromatic carbocycles. The minimum Gasteiger partial charge on any atom is -0.530 e. The molecule has 4 rings (SSSR count). The first-order valence-corrected chi connectivity index (χ1v) is 16.6. The maximum Gasteiger partial charge on any atom is 0.243 e. The van der Waals surface area contributed by atoms with Crippen molar-refractivity contribution in [3.8, 4) is 6.07 Å². The second-order valence-electron chi connectivity index (χ2n) is 12.5. The number of rotatable bonds is 14. The lowest BCUT2D eigenvalue weighted by Gasteiger charge is -2.43. The molecule has 2 fully saturated rings. The molecule has 2 saturated heterocycles. The van der Waals surface area contributed by atoms with Crippen LogP contribution < -0.4 is 10.4 Å². The van der Waals surface area contributed by atoms with Crippen LogP contribution in [0.15, 0.2) is 53.4 Å². The van der Waals surface area contributed by atoms with Gasteiger partial charge in [0.1, 0.15) is 11.9 Å². The van der Waals surface area contributed by atoms with Gasteiger partial charge in [0.15, 0.2) is 6.29 Å². The minimum absolute atomic E-state index is 0.0199. The molecule has 0 aliphatic carbocycles. The van der Waals surface area contributed by atoms with E-state index >= 15 is 0 Å². The predicted molar refractivity (Wildman–Crippen MR) is 163 cm³/mol. The summed E-state index contributed by atoms with van der Waals surface area (Å²) in [4.78, 5) is 25.2. The monoisotopic (exact) mass is 659 g/mol. The molecule has 0 bridgehead atoms. The van der Waals surface area contributed by atoms with Gasteiger partial charge in [0.25, 0.3) is 0 Å². The van der Waals surface area contributed by atoms with Crippen molar-refractivity contribution < 1.29 is 42.1 Å². The van der Waals surface area contributed by atoms with E-state index in [9.17, 15) is 37.9 Å². The van der Waals surface area contributed by atoms with Crippen LogP contribution >= 0.6 is 0 Å². The van der Waals surface area contributed by atoms with Gasteiger partial charge in [-0.3, -0.25) is 4.79 Å². The van der Waals surface area contributed by atoms with Gasteiger partial charge in [-0.15, -0.1) is 0 Å². The number of amides is 2. The van der Waals surface area contributed by atoms with Crippen molar-refractivity contribution >= 4 is 27.7 Å². The SMILES string of the molecule is CC(=O)Nc1cc(S(=O)(=O)N(C[C@@H](O)[C@H](Cc2ccccc2)N(C(=O)[O-])[C@H]2CO[C@H]3OCC[C@H]32)CC(C)(C)CCC#N)ccc1F. The van der Waals surface area contributed by atoms with Crippen molar-refractivity contribution in [3.63, 3.8) is 0 Å². The van der Waals surface area contributed by atoms with Gasteiger partial charge < -0.3 is 34.7 Å². The minimum atomic E-state index is -4.47. The Labute approximate surface area is 268 Å². The normalized spacial score (nSPS) is 20.9. The molecule has 2 N–H and O–H groups in total. The van der Waals surface area contributed by atoms with Crippen LogP contribution in [0.1, 0.15) is 45.6 Å². The lowest BCUT2D eigenvalue weighted by atomic mass is 9.87. The molecule has 0 unspecified atom stereocenters. The molecular weight excluding hydrogens is 619 g/mol. The number of carboxylic acid groups (broad SMARTS) is 1. The number of aliphatic hydroxyl groups excluding tert-OH is 1. The molecule has 2 aliphatic heterocycles. The number of aliphatic hydroxyl groups is 1. The number of halogens is 1. The molecule has 0 spiro atoms. The van der Waals surface area contributed by atoms with Gasteiger partial charge in [-0.2, -0.15) is 9.57 Å². The Bertz CT molecular complexity index is 1530. The molecule has 2 heterocycles. The van der Waals surface area contributed by atoms with Gasteiger partial charge >= 0.3 is 0 Å². The molecule has 0 radical (unpaired) electrons. The van der Waals surface area contributed by atoms with Gasteiger partial charge in [0.05, 0.1) is 48.1 Å². The molecule has 250 valence electrons. The highest BCUT2D eigenvalue weighted by Gasteiger charge is 2.47. The van der Waals surface area contributed by atoms with Gasteiger partial charge in [0.2, 0.25) is 15.9 Å². The van der Waals surface area contributed by atoms with Crippen LogP contribution in [0.4, 0.5) is 14.9 Å². The molecule has 5 atom stereocenters. The summed E-state index contributed by atoms with van der Waals surface area (Å²) in [7, 11) is -4.47. The summed E-state index contributed by atoms with van der Waals surface area (Å²) in [5, 5.41) is 36.1. The van der Waals surface area contributed by atoms with Gasteiger partial charge in [-0.05, 0) is 48.4 Å². The molecule has 46 heavy (non-hydrogen) atoms. The summed E-state index contributed by atoms with van der Waals surface area (Å²) >= 11 is 0. The highest BCUT2D eigenvalue weighted by Crippen LogP contribution is 2.36. The van der Waals surface area contributed by atoms with E-state index in [-0.39, 0.29) is 42.5 Å². The van der Waals surface area contributed by atoms with Gasteiger partial charge in [-0.25, -0.2) is 12.8 Å². The largest absolute Gasteiger partial charge is 0.530 e. The first-order valence-electron chi connectivity index (χ1n) is 15.1. The summed E-state index contributed by atoms with van der Waals surface area (Å²) in [6, 6.07) is 12.1. The number of nitrogens with zero attached hydrogens (tertiary/aromatic N) is 3. The van der Waals surface area contributed by atoms with E-state index in [2.05, 4.69) is 11.4 Å². The second kappa shape index (κ2) is 14.9. The predicted octanol–water partition coefficient (Wildman–Crippen LogP) is 2.48. The van der Waals surface area contributed by atoms with E-state index in [1.807, 2.05) is 0 Å². The fourth-order valence-corrected chi connectivity index (χ4v) is 7.82. The van der Waals surface area contributed by atoms with Crippen LogP contribution in [0.5, 0.6) is 0 Å². The third-order valence-corrected chi connectivity index (χ3v) is 10.3. The van der Waals surface area contributed by atoms with E-state index in [0.29, 0.717) is 25.0 Å². The average molecular weight is 660 g/mol. The summed E-state index contributed by atoms with van der Waals surface area (Å²) in [5.41, 5.74) is -0.379. The molecular formula is C32H40FN4O8S-. The Kier molecular flexibility index (Phi) is 11.4. The topological polar surface area (TPSA) is 172 Å². The standard InChI is InChI=1S/C32H41FN4O8S/c1-21(38)35-26-17-23(10-11-25(26)33)46(42,43)36(20-32(2,3)13-7-14-34)18-29(39)27(16-22-8-5-4-6-9-22)37(31(40)41)28-19-45-30-24(28)12-15-44-30/h4-6,8-11,17,24,27-30,39H,7,12-13,15-16,18-20H2,1-3H3,(H,35,38)(H,40,41)/p-1/t24-,27-,28-,29+,30+/m0/s1. The van der Waals surface area contributed by atoms with Crippen molar-refractivity contribution in [1.29, 1.82) is 5.26 Å². The summed E-state index contributed by atoms with van der Waals surface area (Å²) in [5.74, 6) is -1.73. The van der Waals surface area contributed by atoms with E-state index in [0.717, 1.165) is 34.3 Å². The quantitative estimate of drug-likeness (QED) is 0.309. The first kappa shape index (κ1) is 35.2. The maximum atomic E-state index is 14.5. The van der Waals surface area contributed by atoms with Gasteiger partial charge in [0, 0.05) is 32.4 Å². The average Bonchev–Trinajstić information content (AvgIpc) is 3.61. The number of carbonyl (C=O) groups excluding carboxylic acids is 2. The first-order chi connectivity index (χ1) is 21.7. The Morgan fingerprint density at radius 1 is 1.22 bits per heavy atom. The number of nitrogens with one attached hydrogen (secondary N) is 1.